The summed E-state index contributed by atoms with van der Waals surface area (Å²) in [4.78, 5) is 26.0. The van der Waals surface area contributed by atoms with Crippen LogP contribution in [0.25, 0.3) is 0 Å². The van der Waals surface area contributed by atoms with E-state index < -0.39 is 30.8 Å². The van der Waals surface area contributed by atoms with Crippen molar-refractivity contribution in [3.05, 3.63) is 34.9 Å². The Morgan fingerprint density at radius 2 is 2.19 bits per heavy atom. The zero-order valence-corrected chi connectivity index (χ0v) is 14.1. The van der Waals surface area contributed by atoms with Crippen LogP contribution in [0, 0.1) is 0 Å². The van der Waals surface area contributed by atoms with E-state index in [-0.39, 0.29) is 18.1 Å². The van der Waals surface area contributed by atoms with Crippen LogP contribution in [-0.4, -0.2) is 61.9 Å². The minimum absolute atomic E-state index is 0.105. The number of halogens is 3. The van der Waals surface area contributed by atoms with Crippen LogP contribution >= 0.6 is 0 Å². The molecule has 0 radical (unpaired) electrons. The highest BCUT2D eigenvalue weighted by atomic mass is 19.4. The normalized spacial score (nSPS) is 23.1. The van der Waals surface area contributed by atoms with Crippen LogP contribution in [0.2, 0.25) is 0 Å². The molecule has 0 bridgehead atoms. The largest absolute Gasteiger partial charge is 0.465 e. The summed E-state index contributed by atoms with van der Waals surface area (Å²) in [6.45, 7) is -0.361. The van der Waals surface area contributed by atoms with Crippen molar-refractivity contribution in [1.29, 1.82) is 0 Å². The van der Waals surface area contributed by atoms with E-state index in [2.05, 4.69) is 10.1 Å². The average molecular weight is 372 g/mol. The molecule has 2 heterocycles. The van der Waals surface area contributed by atoms with Gasteiger partial charge in [-0.3, -0.25) is 4.79 Å². The van der Waals surface area contributed by atoms with Gasteiger partial charge < -0.3 is 19.7 Å². The molecular formula is C17H19F3N2O4. The number of methoxy groups -OCH3 is 1. The molecule has 1 aromatic carbocycles. The average Bonchev–Trinajstić information content (AvgIpc) is 2.95. The van der Waals surface area contributed by atoms with Crippen LogP contribution in [-0.2, 0) is 16.0 Å². The lowest BCUT2D eigenvalue weighted by atomic mass is 10.0. The highest BCUT2D eigenvalue weighted by Gasteiger charge is 2.40. The number of carbonyl (C=O) groups is 2. The summed E-state index contributed by atoms with van der Waals surface area (Å²) in [5.74, 6) is -0.841. The lowest BCUT2D eigenvalue weighted by Crippen LogP contribution is -2.56. The molecule has 0 aliphatic carbocycles. The van der Waals surface area contributed by atoms with Gasteiger partial charge in [0.05, 0.1) is 37.9 Å². The Bertz CT molecular complexity index is 708. The van der Waals surface area contributed by atoms with Gasteiger partial charge in [0.2, 0.25) is 0 Å². The lowest BCUT2D eigenvalue weighted by Gasteiger charge is -2.38. The molecule has 1 amide bonds. The number of rotatable bonds is 4. The molecule has 0 unspecified atom stereocenters. The van der Waals surface area contributed by atoms with Crippen molar-refractivity contribution in [2.75, 3.05) is 26.9 Å². The molecule has 26 heavy (non-hydrogen) atoms. The van der Waals surface area contributed by atoms with Crippen molar-refractivity contribution >= 4 is 11.9 Å². The third-order valence-corrected chi connectivity index (χ3v) is 4.65. The van der Waals surface area contributed by atoms with Gasteiger partial charge in [0.15, 0.2) is 0 Å². The van der Waals surface area contributed by atoms with Gasteiger partial charge in [-0.2, -0.15) is 13.2 Å². The second-order valence-electron chi connectivity index (χ2n) is 6.33. The topological polar surface area (TPSA) is 67.9 Å². The van der Waals surface area contributed by atoms with Crippen molar-refractivity contribution < 1.29 is 32.2 Å². The summed E-state index contributed by atoms with van der Waals surface area (Å²) in [7, 11) is 1.25. The van der Waals surface area contributed by atoms with E-state index in [1.54, 1.807) is 17.0 Å². The van der Waals surface area contributed by atoms with Crippen molar-refractivity contribution in [3.63, 3.8) is 0 Å². The lowest BCUT2D eigenvalue weighted by molar-refractivity contribution is -0.129. The summed E-state index contributed by atoms with van der Waals surface area (Å²) in [5.41, 5.74) is 1.39. The molecule has 2 aliphatic rings. The van der Waals surface area contributed by atoms with Gasteiger partial charge in [-0.05, 0) is 24.1 Å². The maximum Gasteiger partial charge on any atom is 0.401 e. The van der Waals surface area contributed by atoms with Gasteiger partial charge in [0, 0.05) is 18.7 Å². The van der Waals surface area contributed by atoms with E-state index in [0.717, 1.165) is 5.56 Å². The Morgan fingerprint density at radius 3 is 2.88 bits per heavy atom. The monoisotopic (exact) mass is 372 g/mol. The first-order chi connectivity index (χ1) is 12.3. The fourth-order valence-electron chi connectivity index (χ4n) is 3.38. The first-order valence-corrected chi connectivity index (χ1v) is 8.20. The summed E-state index contributed by atoms with van der Waals surface area (Å²) < 4.78 is 47.5. The molecule has 3 rings (SSSR count). The number of nitrogens with one attached hydrogen (secondary N) is 1. The number of hydrogen-bond acceptors (Lipinski definition) is 5. The summed E-state index contributed by atoms with van der Waals surface area (Å²) >= 11 is 0. The predicted octanol–water partition coefficient (Wildman–Crippen LogP) is 1.74. The van der Waals surface area contributed by atoms with Crippen molar-refractivity contribution in [3.8, 4) is 0 Å². The molecule has 2 atom stereocenters. The van der Waals surface area contributed by atoms with Crippen LogP contribution in [0.4, 0.5) is 13.2 Å². The molecule has 9 heteroatoms. The van der Waals surface area contributed by atoms with Crippen molar-refractivity contribution in [2.45, 2.75) is 31.2 Å². The van der Waals surface area contributed by atoms with Crippen molar-refractivity contribution in [1.82, 2.24) is 10.2 Å². The Labute approximate surface area is 148 Å². The van der Waals surface area contributed by atoms with E-state index >= 15 is 0 Å². The van der Waals surface area contributed by atoms with Crippen LogP contribution < -0.4 is 5.32 Å². The van der Waals surface area contributed by atoms with Gasteiger partial charge in [0.25, 0.3) is 5.91 Å². The molecule has 1 saturated heterocycles. The smallest absolute Gasteiger partial charge is 0.401 e. The molecule has 0 aromatic heterocycles. The fraction of sp³-hybridized carbons (Fsp3) is 0.529. The molecule has 0 spiro atoms. The molecular weight excluding hydrogens is 353 g/mol. The highest BCUT2D eigenvalue weighted by molar-refractivity contribution is 6.01. The maximum absolute atomic E-state index is 12.8. The van der Waals surface area contributed by atoms with E-state index in [9.17, 15) is 22.8 Å². The van der Waals surface area contributed by atoms with E-state index in [1.165, 1.54) is 13.2 Å². The molecule has 2 aliphatic heterocycles. The number of alkyl halides is 3. The van der Waals surface area contributed by atoms with Crippen LogP contribution in [0.1, 0.15) is 32.7 Å². The van der Waals surface area contributed by atoms with E-state index in [4.69, 9.17) is 4.74 Å². The Hall–Kier alpha value is -2.13. The highest BCUT2D eigenvalue weighted by Crippen LogP contribution is 2.29. The third kappa shape index (κ3) is 3.83. The molecule has 1 fully saturated rings. The minimum Gasteiger partial charge on any atom is -0.465 e. The Kier molecular flexibility index (Phi) is 5.19. The van der Waals surface area contributed by atoms with E-state index in [0.29, 0.717) is 25.1 Å². The number of ether oxygens (including phenoxy) is 2. The van der Waals surface area contributed by atoms with Gasteiger partial charge in [-0.15, -0.1) is 0 Å². The SMILES string of the molecule is COC(=O)c1ccc2c(c1)C(=O)N([C@@H]1CCOC[C@H]1NCC(F)(F)F)C2. The quantitative estimate of drug-likeness (QED) is 0.816. The second kappa shape index (κ2) is 7.24. The van der Waals surface area contributed by atoms with Crippen LogP contribution in [0.5, 0.6) is 0 Å². The molecule has 0 saturated carbocycles. The standard InChI is InChI=1S/C17H19F3N2O4/c1-25-16(24)10-2-3-11-7-22(15(23)12(11)6-10)14-4-5-26-8-13(14)21-9-17(18,19)20/h2-3,6,13-14,21H,4-5,7-9H2,1H3/t13-,14-/m1/s1. The maximum atomic E-state index is 12.8. The number of esters is 1. The third-order valence-electron chi connectivity index (χ3n) is 4.65. The van der Waals surface area contributed by atoms with Gasteiger partial charge >= 0.3 is 12.1 Å². The number of benzene rings is 1. The van der Waals surface area contributed by atoms with Crippen molar-refractivity contribution in [2.24, 2.45) is 0 Å². The minimum atomic E-state index is -4.34. The molecule has 1 N–H and O–H groups in total. The number of fused-ring (bicyclic) bond motifs is 1. The van der Waals surface area contributed by atoms with Gasteiger partial charge in [-0.1, -0.05) is 6.07 Å². The van der Waals surface area contributed by atoms with E-state index in [1.807, 2.05) is 0 Å². The summed E-state index contributed by atoms with van der Waals surface area (Å²) in [6, 6.07) is 3.71. The first kappa shape index (κ1) is 18.7. The number of amides is 1. The number of nitrogens with zero attached hydrogens (tertiary/aromatic N) is 1. The summed E-state index contributed by atoms with van der Waals surface area (Å²) in [5, 5.41) is 2.46. The number of carbonyl (C=O) groups excluding carboxylic acids is 2. The Balaban J connectivity index is 1.78. The fourth-order valence-corrected chi connectivity index (χ4v) is 3.38. The molecule has 142 valence electrons. The number of hydrogen-bond donors (Lipinski definition) is 1. The van der Waals surface area contributed by atoms with Gasteiger partial charge in [0.1, 0.15) is 0 Å². The second-order valence-corrected chi connectivity index (χ2v) is 6.33. The summed E-state index contributed by atoms with van der Waals surface area (Å²) in [6.07, 6.45) is -3.89. The molecule has 1 aromatic rings. The van der Waals surface area contributed by atoms with Gasteiger partial charge in [-0.25, -0.2) is 4.79 Å². The zero-order chi connectivity index (χ0) is 18.9. The zero-order valence-electron chi connectivity index (χ0n) is 14.1. The first-order valence-electron chi connectivity index (χ1n) is 8.20. The predicted molar refractivity (Wildman–Crippen MR) is 84.7 cm³/mol. The van der Waals surface area contributed by atoms with Crippen LogP contribution in [0.15, 0.2) is 18.2 Å². The van der Waals surface area contributed by atoms with Crippen LogP contribution in [0.3, 0.4) is 0 Å². The Morgan fingerprint density at radius 1 is 1.42 bits per heavy atom. The molecule has 6 nitrogen and oxygen atoms in total.